The van der Waals surface area contributed by atoms with Gasteiger partial charge in [0.1, 0.15) is 0 Å². The molecule has 0 atom stereocenters. The molecule has 1 amide bonds. The fourth-order valence-electron chi connectivity index (χ4n) is 3.00. The molecule has 8 heteroatoms. The van der Waals surface area contributed by atoms with Gasteiger partial charge in [0.15, 0.2) is 4.80 Å². The molecule has 1 aromatic heterocycles. The quantitative estimate of drug-likeness (QED) is 0.472. The van der Waals surface area contributed by atoms with Crippen LogP contribution in [0.5, 0.6) is 0 Å². The van der Waals surface area contributed by atoms with Crippen LogP contribution in [0.2, 0.25) is 0 Å². The van der Waals surface area contributed by atoms with Gasteiger partial charge < -0.3 is 4.57 Å². The number of sulfonamides is 1. The first-order chi connectivity index (χ1) is 15.0. The molecule has 0 fully saturated rings. The summed E-state index contributed by atoms with van der Waals surface area (Å²) in [6, 6.07) is 21.9. The first kappa shape index (κ1) is 20.6. The Labute approximate surface area is 183 Å². The molecule has 0 saturated carbocycles. The molecule has 4 aromatic rings. The summed E-state index contributed by atoms with van der Waals surface area (Å²) in [5.41, 5.74) is 1.61. The predicted octanol–water partition coefficient (Wildman–Crippen LogP) is 3.88. The van der Waals surface area contributed by atoms with Crippen LogP contribution in [0.3, 0.4) is 0 Å². The summed E-state index contributed by atoms with van der Waals surface area (Å²) in [6.45, 7) is 0.302. The summed E-state index contributed by atoms with van der Waals surface area (Å²) in [5, 5.41) is 0. The van der Waals surface area contributed by atoms with Crippen LogP contribution in [0.15, 0.2) is 88.8 Å². The van der Waals surface area contributed by atoms with Gasteiger partial charge in [0.25, 0.3) is 15.9 Å². The standard InChI is InChI=1S/C23H17N3O3S2/c1-2-16-26-20-10-6-7-11-21(20)30-23(26)24-22(27)17-12-14-18(15-13-17)25-31(28,29)19-8-4-3-5-9-19/h1,3-15,25H,16H2. The van der Waals surface area contributed by atoms with Gasteiger partial charge in [0.2, 0.25) is 0 Å². The number of carbonyl (C=O) groups excluding carboxylic acids is 1. The molecule has 1 N–H and O–H groups in total. The minimum absolute atomic E-state index is 0.160. The largest absolute Gasteiger partial charge is 0.305 e. The molecule has 0 bridgehead atoms. The molecule has 31 heavy (non-hydrogen) atoms. The topological polar surface area (TPSA) is 80.5 Å². The van der Waals surface area contributed by atoms with E-state index in [1.807, 2.05) is 28.8 Å². The molecular formula is C23H17N3O3S2. The highest BCUT2D eigenvalue weighted by Gasteiger charge is 2.14. The number of para-hydroxylation sites is 1. The predicted molar refractivity (Wildman–Crippen MR) is 122 cm³/mol. The van der Waals surface area contributed by atoms with Crippen molar-refractivity contribution in [1.82, 2.24) is 4.57 Å². The molecule has 6 nitrogen and oxygen atoms in total. The molecular weight excluding hydrogens is 430 g/mol. The lowest BCUT2D eigenvalue weighted by Gasteiger charge is -2.08. The summed E-state index contributed by atoms with van der Waals surface area (Å²) < 4.78 is 30.2. The van der Waals surface area contributed by atoms with Crippen molar-refractivity contribution in [1.29, 1.82) is 0 Å². The summed E-state index contributed by atoms with van der Waals surface area (Å²) in [7, 11) is -3.70. The number of hydrogen-bond acceptors (Lipinski definition) is 4. The van der Waals surface area contributed by atoms with E-state index in [2.05, 4.69) is 15.6 Å². The lowest BCUT2D eigenvalue weighted by Crippen LogP contribution is -2.16. The molecule has 0 aliphatic heterocycles. The van der Waals surface area contributed by atoms with Crippen molar-refractivity contribution < 1.29 is 13.2 Å². The molecule has 3 aromatic carbocycles. The van der Waals surface area contributed by atoms with Crippen LogP contribution in [0, 0.1) is 12.3 Å². The Morgan fingerprint density at radius 1 is 1.00 bits per heavy atom. The van der Waals surface area contributed by atoms with Crippen molar-refractivity contribution >= 4 is 43.2 Å². The zero-order valence-electron chi connectivity index (χ0n) is 16.2. The Bertz CT molecular complexity index is 1460. The van der Waals surface area contributed by atoms with E-state index in [4.69, 9.17) is 6.42 Å². The number of fused-ring (bicyclic) bond motifs is 1. The van der Waals surface area contributed by atoms with Crippen molar-refractivity contribution in [3.63, 3.8) is 0 Å². The lowest BCUT2D eigenvalue weighted by molar-refractivity contribution is 0.0998. The van der Waals surface area contributed by atoms with Crippen LogP contribution in [-0.4, -0.2) is 18.9 Å². The number of rotatable bonds is 5. The monoisotopic (exact) mass is 447 g/mol. The van der Waals surface area contributed by atoms with Crippen LogP contribution in [-0.2, 0) is 16.6 Å². The molecule has 1 heterocycles. The van der Waals surface area contributed by atoms with E-state index in [1.54, 1.807) is 18.2 Å². The molecule has 0 spiro atoms. The van der Waals surface area contributed by atoms with Gasteiger partial charge in [-0.05, 0) is 48.5 Å². The van der Waals surface area contributed by atoms with Gasteiger partial charge in [-0.2, -0.15) is 4.99 Å². The fraction of sp³-hybridized carbons (Fsp3) is 0.0435. The molecule has 0 aliphatic carbocycles. The van der Waals surface area contributed by atoms with Crippen LogP contribution in [0.4, 0.5) is 5.69 Å². The maximum absolute atomic E-state index is 12.7. The number of benzene rings is 3. The van der Waals surface area contributed by atoms with Crippen molar-refractivity contribution in [3.8, 4) is 12.3 Å². The highest BCUT2D eigenvalue weighted by atomic mass is 32.2. The summed E-state index contributed by atoms with van der Waals surface area (Å²) in [4.78, 5) is 17.6. The second-order valence-electron chi connectivity index (χ2n) is 6.56. The third kappa shape index (κ3) is 4.43. The van der Waals surface area contributed by atoms with E-state index in [9.17, 15) is 13.2 Å². The Morgan fingerprint density at radius 2 is 1.68 bits per heavy atom. The van der Waals surface area contributed by atoms with Gasteiger partial charge in [0.05, 0.1) is 21.7 Å². The molecule has 0 saturated heterocycles. The number of terminal acetylenes is 1. The minimum Gasteiger partial charge on any atom is -0.305 e. The number of nitrogens with zero attached hydrogens (tertiary/aromatic N) is 2. The van der Waals surface area contributed by atoms with Gasteiger partial charge in [-0.15, -0.1) is 6.42 Å². The Hall–Kier alpha value is -3.67. The maximum atomic E-state index is 12.7. The third-order valence-corrected chi connectivity index (χ3v) is 6.93. The number of hydrogen-bond donors (Lipinski definition) is 1. The summed E-state index contributed by atoms with van der Waals surface area (Å²) >= 11 is 1.38. The molecule has 154 valence electrons. The lowest BCUT2D eigenvalue weighted by atomic mass is 10.2. The smallest absolute Gasteiger partial charge is 0.279 e. The number of amides is 1. The summed E-state index contributed by atoms with van der Waals surface area (Å²) in [6.07, 6.45) is 5.48. The van der Waals surface area contributed by atoms with Gasteiger partial charge in [-0.1, -0.05) is 47.6 Å². The number of nitrogens with one attached hydrogen (secondary N) is 1. The van der Waals surface area contributed by atoms with Crippen molar-refractivity contribution in [2.75, 3.05) is 4.72 Å². The Balaban J connectivity index is 1.60. The van der Waals surface area contributed by atoms with Gasteiger partial charge >= 0.3 is 0 Å². The SMILES string of the molecule is C#CCn1c(=NC(=O)c2ccc(NS(=O)(=O)c3ccccc3)cc2)sc2ccccc21. The first-order valence-electron chi connectivity index (χ1n) is 9.27. The van der Waals surface area contributed by atoms with Crippen molar-refractivity contribution in [2.45, 2.75) is 11.4 Å². The molecule has 4 rings (SSSR count). The Morgan fingerprint density at radius 3 is 2.39 bits per heavy atom. The Kier molecular flexibility index (Phi) is 5.71. The highest BCUT2D eigenvalue weighted by molar-refractivity contribution is 7.92. The van der Waals surface area contributed by atoms with Gasteiger partial charge in [-0.25, -0.2) is 8.42 Å². The molecule has 0 aliphatic rings. The second kappa shape index (κ2) is 8.60. The van der Waals surface area contributed by atoms with E-state index >= 15 is 0 Å². The van der Waals surface area contributed by atoms with E-state index in [-0.39, 0.29) is 4.90 Å². The first-order valence-corrected chi connectivity index (χ1v) is 11.6. The van der Waals surface area contributed by atoms with Crippen LogP contribution >= 0.6 is 11.3 Å². The average Bonchev–Trinajstić information content (AvgIpc) is 3.12. The third-order valence-electron chi connectivity index (χ3n) is 4.47. The number of anilines is 1. The molecule has 0 radical (unpaired) electrons. The van der Waals surface area contributed by atoms with Gasteiger partial charge in [0, 0.05) is 11.3 Å². The maximum Gasteiger partial charge on any atom is 0.279 e. The van der Waals surface area contributed by atoms with Crippen LogP contribution in [0.25, 0.3) is 10.2 Å². The van der Waals surface area contributed by atoms with Crippen molar-refractivity contribution in [3.05, 3.63) is 89.2 Å². The van der Waals surface area contributed by atoms with E-state index in [0.29, 0.717) is 22.6 Å². The van der Waals surface area contributed by atoms with E-state index < -0.39 is 15.9 Å². The minimum atomic E-state index is -3.70. The summed E-state index contributed by atoms with van der Waals surface area (Å²) in [5.74, 6) is 2.16. The van der Waals surface area contributed by atoms with Gasteiger partial charge in [-0.3, -0.25) is 9.52 Å². The highest BCUT2D eigenvalue weighted by Crippen LogP contribution is 2.18. The number of thiazole rings is 1. The second-order valence-corrected chi connectivity index (χ2v) is 9.25. The number of aromatic nitrogens is 1. The normalized spacial score (nSPS) is 11.9. The number of carbonyl (C=O) groups is 1. The van der Waals surface area contributed by atoms with Crippen molar-refractivity contribution in [2.24, 2.45) is 4.99 Å². The zero-order valence-corrected chi connectivity index (χ0v) is 17.9. The zero-order chi connectivity index (χ0) is 21.8. The van der Waals surface area contributed by atoms with Crippen LogP contribution < -0.4 is 9.52 Å². The van der Waals surface area contributed by atoms with E-state index in [1.165, 1.54) is 47.7 Å². The van der Waals surface area contributed by atoms with E-state index in [0.717, 1.165) is 10.2 Å². The molecule has 0 unspecified atom stereocenters. The van der Waals surface area contributed by atoms with Crippen LogP contribution in [0.1, 0.15) is 10.4 Å². The average molecular weight is 448 g/mol. The fourth-order valence-corrected chi connectivity index (χ4v) is 5.10.